The van der Waals surface area contributed by atoms with Crippen LogP contribution in [-0.2, 0) is 4.79 Å². The van der Waals surface area contributed by atoms with Crippen LogP contribution >= 0.6 is 0 Å². The van der Waals surface area contributed by atoms with Crippen molar-refractivity contribution in [1.82, 2.24) is 5.01 Å². The molecule has 1 aliphatic heterocycles. The molecule has 4 nitrogen and oxygen atoms in total. The first-order chi connectivity index (χ1) is 11.9. The van der Waals surface area contributed by atoms with E-state index in [1.54, 1.807) is 18.2 Å². The van der Waals surface area contributed by atoms with Crippen LogP contribution in [0.5, 0.6) is 0 Å². The van der Waals surface area contributed by atoms with Gasteiger partial charge in [0.05, 0.1) is 6.42 Å². The van der Waals surface area contributed by atoms with Crippen LogP contribution in [0.15, 0.2) is 58.9 Å². The van der Waals surface area contributed by atoms with Gasteiger partial charge in [-0.25, -0.2) is 5.01 Å². The molecule has 0 radical (unpaired) electrons. The van der Waals surface area contributed by atoms with Gasteiger partial charge in [-0.15, -0.1) is 0 Å². The quantitative estimate of drug-likeness (QED) is 0.575. The maximum absolute atomic E-state index is 12.6. The van der Waals surface area contributed by atoms with Gasteiger partial charge in [-0.2, -0.15) is 5.10 Å². The van der Waals surface area contributed by atoms with E-state index in [0.717, 1.165) is 17.7 Å². The number of Topliss-reactive ketones (excluding diaryl/α,β-unsaturated/α-hetero) is 1. The first-order valence-electron chi connectivity index (χ1n) is 8.76. The number of carbonyl (C=O) groups is 2. The number of hydrogen-bond acceptors (Lipinski definition) is 3. The van der Waals surface area contributed by atoms with E-state index in [-0.39, 0.29) is 18.1 Å². The van der Waals surface area contributed by atoms with Crippen molar-refractivity contribution in [2.24, 2.45) is 11.0 Å². The lowest BCUT2D eigenvalue weighted by molar-refractivity contribution is -0.124. The summed E-state index contributed by atoms with van der Waals surface area (Å²) in [4.78, 5) is 25.0. The summed E-state index contributed by atoms with van der Waals surface area (Å²) in [6.07, 6.45) is 5.40. The van der Waals surface area contributed by atoms with Gasteiger partial charge in [0.15, 0.2) is 5.78 Å². The van der Waals surface area contributed by atoms with E-state index in [0.29, 0.717) is 23.6 Å². The number of ketones is 1. The van der Waals surface area contributed by atoms with Gasteiger partial charge in [0.25, 0.3) is 5.91 Å². The van der Waals surface area contributed by atoms with Crippen LogP contribution in [0.4, 0.5) is 0 Å². The van der Waals surface area contributed by atoms with Gasteiger partial charge in [-0.3, -0.25) is 9.59 Å². The van der Waals surface area contributed by atoms with Crippen LogP contribution in [0, 0.1) is 5.92 Å². The summed E-state index contributed by atoms with van der Waals surface area (Å²) in [5.74, 6) is 0.203. The third kappa shape index (κ3) is 4.99. The summed E-state index contributed by atoms with van der Waals surface area (Å²) in [7, 11) is 0. The Kier molecular flexibility index (Phi) is 6.45. The number of rotatable bonds is 5. The Balaban J connectivity index is 2.24. The van der Waals surface area contributed by atoms with E-state index < -0.39 is 0 Å². The zero-order valence-electron chi connectivity index (χ0n) is 15.5. The van der Waals surface area contributed by atoms with E-state index in [2.05, 4.69) is 12.0 Å². The fraction of sp³-hybridized carbons (Fsp3) is 0.381. The molecule has 25 heavy (non-hydrogen) atoms. The molecule has 0 N–H and O–H groups in total. The first-order valence-corrected chi connectivity index (χ1v) is 8.76. The minimum absolute atomic E-state index is 0.0164. The maximum atomic E-state index is 12.6. The highest BCUT2D eigenvalue weighted by molar-refractivity contribution is 6.09. The van der Waals surface area contributed by atoms with Gasteiger partial charge < -0.3 is 0 Å². The molecule has 1 unspecified atom stereocenters. The molecule has 0 saturated carbocycles. The molecule has 0 saturated heterocycles. The highest BCUT2D eigenvalue weighted by Crippen LogP contribution is 2.21. The zero-order valence-corrected chi connectivity index (χ0v) is 15.5. The Morgan fingerprint density at radius 3 is 2.56 bits per heavy atom. The number of benzene rings is 1. The first kappa shape index (κ1) is 18.8. The van der Waals surface area contributed by atoms with Gasteiger partial charge in [0.2, 0.25) is 0 Å². The summed E-state index contributed by atoms with van der Waals surface area (Å²) in [6.45, 7) is 7.92. The average molecular weight is 338 g/mol. The van der Waals surface area contributed by atoms with Gasteiger partial charge in [-0.1, -0.05) is 55.8 Å². The SMILES string of the molecule is CCC(CC(=O)c1ccccc1)=NN1C(=O)C=C(C)C(C)CC=C1C. The fourth-order valence-electron chi connectivity index (χ4n) is 2.60. The Morgan fingerprint density at radius 1 is 1.24 bits per heavy atom. The van der Waals surface area contributed by atoms with Crippen molar-refractivity contribution in [3.8, 4) is 0 Å². The molecule has 0 bridgehead atoms. The van der Waals surface area contributed by atoms with Crippen LogP contribution in [-0.4, -0.2) is 22.4 Å². The lowest BCUT2D eigenvalue weighted by Crippen LogP contribution is -2.26. The summed E-state index contributed by atoms with van der Waals surface area (Å²) < 4.78 is 0. The molecule has 1 aromatic carbocycles. The Labute approximate surface area is 149 Å². The molecule has 0 spiro atoms. The Morgan fingerprint density at radius 2 is 1.92 bits per heavy atom. The second kappa shape index (κ2) is 8.56. The van der Waals surface area contributed by atoms with E-state index in [9.17, 15) is 9.59 Å². The molecule has 0 aromatic heterocycles. The van der Waals surface area contributed by atoms with Crippen molar-refractivity contribution in [3.63, 3.8) is 0 Å². The largest absolute Gasteiger partial charge is 0.294 e. The molecular weight excluding hydrogens is 312 g/mol. The van der Waals surface area contributed by atoms with Gasteiger partial charge in [0.1, 0.15) is 0 Å². The second-order valence-electron chi connectivity index (χ2n) is 6.51. The molecule has 1 aromatic rings. The zero-order chi connectivity index (χ0) is 18.4. The summed E-state index contributed by atoms with van der Waals surface area (Å²) in [5.41, 5.74) is 3.22. The Hall–Kier alpha value is -2.49. The molecule has 2 rings (SSSR count). The van der Waals surface area contributed by atoms with Crippen LogP contribution in [0.25, 0.3) is 0 Å². The van der Waals surface area contributed by atoms with E-state index >= 15 is 0 Å². The summed E-state index contributed by atoms with van der Waals surface area (Å²) in [6, 6.07) is 9.18. The molecule has 132 valence electrons. The summed E-state index contributed by atoms with van der Waals surface area (Å²) in [5, 5.41) is 5.93. The standard InChI is InChI=1S/C21H26N2O2/c1-5-19(14-20(24)18-9-7-6-8-10-18)22-23-17(4)12-11-15(2)16(3)13-21(23)25/h6-10,12-13,15H,5,11,14H2,1-4H3. The topological polar surface area (TPSA) is 49.7 Å². The van der Waals surface area contributed by atoms with Crippen LogP contribution in [0.3, 0.4) is 0 Å². The van der Waals surface area contributed by atoms with E-state index in [4.69, 9.17) is 0 Å². The van der Waals surface area contributed by atoms with Crippen molar-refractivity contribution in [2.45, 2.75) is 47.0 Å². The van der Waals surface area contributed by atoms with Crippen LogP contribution in [0.2, 0.25) is 0 Å². The van der Waals surface area contributed by atoms with E-state index in [1.165, 1.54) is 5.01 Å². The molecule has 0 fully saturated rings. The van der Waals surface area contributed by atoms with Crippen LogP contribution in [0.1, 0.15) is 57.3 Å². The molecule has 1 atom stereocenters. The monoisotopic (exact) mass is 338 g/mol. The van der Waals surface area contributed by atoms with Crippen molar-refractivity contribution in [3.05, 3.63) is 59.3 Å². The minimum atomic E-state index is -0.157. The third-order valence-electron chi connectivity index (χ3n) is 4.55. The Bertz CT molecular complexity index is 730. The van der Waals surface area contributed by atoms with Gasteiger partial charge in [0, 0.05) is 23.0 Å². The lowest BCUT2D eigenvalue weighted by atomic mass is 9.97. The molecular formula is C21H26N2O2. The molecule has 4 heteroatoms. The highest BCUT2D eigenvalue weighted by atomic mass is 16.2. The lowest BCUT2D eigenvalue weighted by Gasteiger charge is -2.22. The predicted octanol–water partition coefficient (Wildman–Crippen LogP) is 4.74. The number of hydrazone groups is 1. The minimum Gasteiger partial charge on any atom is -0.294 e. The molecule has 1 heterocycles. The predicted molar refractivity (Wildman–Crippen MR) is 101 cm³/mol. The van der Waals surface area contributed by atoms with E-state index in [1.807, 2.05) is 45.0 Å². The number of allylic oxidation sites excluding steroid dienone is 3. The normalized spacial score (nSPS) is 19.0. The molecule has 0 aliphatic carbocycles. The number of hydrogen-bond donors (Lipinski definition) is 0. The molecule has 1 aliphatic rings. The third-order valence-corrected chi connectivity index (χ3v) is 4.55. The van der Waals surface area contributed by atoms with Crippen molar-refractivity contribution in [2.75, 3.05) is 0 Å². The fourth-order valence-corrected chi connectivity index (χ4v) is 2.60. The number of amides is 1. The average Bonchev–Trinajstić information content (AvgIpc) is 2.62. The van der Waals surface area contributed by atoms with Crippen LogP contribution < -0.4 is 0 Å². The molecule has 1 amide bonds. The van der Waals surface area contributed by atoms with Gasteiger partial charge >= 0.3 is 0 Å². The summed E-state index contributed by atoms with van der Waals surface area (Å²) >= 11 is 0. The number of carbonyl (C=O) groups excluding carboxylic acids is 2. The van der Waals surface area contributed by atoms with Crippen molar-refractivity contribution in [1.29, 1.82) is 0 Å². The number of nitrogens with zero attached hydrogens (tertiary/aromatic N) is 2. The van der Waals surface area contributed by atoms with Crippen molar-refractivity contribution < 1.29 is 9.59 Å². The van der Waals surface area contributed by atoms with Crippen molar-refractivity contribution >= 4 is 17.4 Å². The second-order valence-corrected chi connectivity index (χ2v) is 6.51. The maximum Gasteiger partial charge on any atom is 0.271 e. The van der Waals surface area contributed by atoms with Gasteiger partial charge in [-0.05, 0) is 32.6 Å². The highest BCUT2D eigenvalue weighted by Gasteiger charge is 2.19. The smallest absolute Gasteiger partial charge is 0.271 e.